The molecule has 1 unspecified atom stereocenters. The lowest BCUT2D eigenvalue weighted by atomic mass is 9.97. The van der Waals surface area contributed by atoms with Gasteiger partial charge in [-0.3, -0.25) is 14.9 Å². The van der Waals surface area contributed by atoms with Gasteiger partial charge in [0.15, 0.2) is 11.7 Å². The molecular formula is C18H11N7O3. The van der Waals surface area contributed by atoms with Crippen molar-refractivity contribution in [2.24, 2.45) is 0 Å². The molecule has 0 aliphatic heterocycles. The Bertz CT molecular complexity index is 1200. The predicted octanol–water partition coefficient (Wildman–Crippen LogP) is 2.54. The van der Waals surface area contributed by atoms with Crippen molar-refractivity contribution in [3.05, 3.63) is 76.6 Å². The summed E-state index contributed by atoms with van der Waals surface area (Å²) in [6.45, 7) is 0. The van der Waals surface area contributed by atoms with Crippen LogP contribution < -0.4 is 0 Å². The molecule has 0 radical (unpaired) electrons. The Hall–Kier alpha value is -4.39. The lowest BCUT2D eigenvalue weighted by Gasteiger charge is -2.08. The molecule has 0 bridgehead atoms. The number of aromatic amines is 1. The summed E-state index contributed by atoms with van der Waals surface area (Å²) in [5.74, 6) is -1.62. The number of nitro groups is 1. The highest BCUT2D eigenvalue weighted by Crippen LogP contribution is 2.27. The second-order valence-electron chi connectivity index (χ2n) is 5.87. The molecule has 28 heavy (non-hydrogen) atoms. The maximum Gasteiger partial charge on any atom is 0.295 e. The lowest BCUT2D eigenvalue weighted by Crippen LogP contribution is -2.13. The van der Waals surface area contributed by atoms with Gasteiger partial charge >= 0.3 is 0 Å². The minimum atomic E-state index is -1.22. The van der Waals surface area contributed by atoms with Crippen LogP contribution in [0.3, 0.4) is 0 Å². The molecule has 10 heteroatoms. The van der Waals surface area contributed by atoms with Crippen molar-refractivity contribution in [1.29, 1.82) is 5.26 Å². The molecule has 0 spiro atoms. The summed E-state index contributed by atoms with van der Waals surface area (Å²) in [7, 11) is 0. The van der Waals surface area contributed by atoms with Crippen molar-refractivity contribution < 1.29 is 9.72 Å². The first-order valence-corrected chi connectivity index (χ1v) is 8.10. The average molecular weight is 373 g/mol. The first-order chi connectivity index (χ1) is 13.6. The number of para-hydroxylation sites is 2. The van der Waals surface area contributed by atoms with Crippen LogP contribution in [-0.2, 0) is 0 Å². The molecule has 0 fully saturated rings. The van der Waals surface area contributed by atoms with Crippen LogP contribution in [0, 0.1) is 21.4 Å². The van der Waals surface area contributed by atoms with Crippen molar-refractivity contribution in [3.63, 3.8) is 0 Å². The number of fused-ring (bicyclic) bond motifs is 1. The Morgan fingerprint density at radius 3 is 2.79 bits per heavy atom. The van der Waals surface area contributed by atoms with Crippen LogP contribution in [0.15, 0.2) is 55.1 Å². The number of hydrogen-bond donors (Lipinski definition) is 1. The monoisotopic (exact) mass is 373 g/mol. The topological polar surface area (TPSA) is 143 Å². The zero-order chi connectivity index (χ0) is 19.7. The fraction of sp³-hybridized carbons (Fsp3) is 0.0556. The molecule has 4 aromatic rings. The number of carbonyl (C=O) groups is 1. The summed E-state index contributed by atoms with van der Waals surface area (Å²) in [6, 6.07) is 13.0. The highest BCUT2D eigenvalue weighted by Gasteiger charge is 2.27. The summed E-state index contributed by atoms with van der Waals surface area (Å²) in [5, 5.41) is 24.9. The Morgan fingerprint density at radius 1 is 1.29 bits per heavy atom. The number of nitro benzene ring substituents is 1. The molecule has 1 atom stereocenters. The largest absolute Gasteiger partial charge is 0.340 e. The average Bonchev–Trinajstić information content (AvgIpc) is 3.37. The van der Waals surface area contributed by atoms with E-state index < -0.39 is 16.6 Å². The van der Waals surface area contributed by atoms with E-state index in [1.54, 1.807) is 24.3 Å². The van der Waals surface area contributed by atoms with E-state index in [2.05, 4.69) is 20.1 Å². The fourth-order valence-electron chi connectivity index (χ4n) is 2.87. The second-order valence-corrected chi connectivity index (χ2v) is 5.87. The van der Waals surface area contributed by atoms with Gasteiger partial charge in [-0.25, -0.2) is 14.6 Å². The third-order valence-electron chi connectivity index (χ3n) is 4.19. The summed E-state index contributed by atoms with van der Waals surface area (Å²) in [4.78, 5) is 34.8. The second kappa shape index (κ2) is 6.73. The molecule has 10 nitrogen and oxygen atoms in total. The number of H-pyrrole nitrogens is 1. The zero-order valence-corrected chi connectivity index (χ0v) is 14.2. The van der Waals surface area contributed by atoms with Crippen LogP contribution in [0.1, 0.15) is 22.1 Å². The number of hydrogen-bond acceptors (Lipinski definition) is 7. The molecule has 0 aliphatic carbocycles. The molecule has 2 aromatic carbocycles. The minimum Gasteiger partial charge on any atom is -0.340 e. The Balaban J connectivity index is 1.75. The van der Waals surface area contributed by atoms with E-state index >= 15 is 0 Å². The van der Waals surface area contributed by atoms with Crippen molar-refractivity contribution in [2.75, 3.05) is 0 Å². The Labute approximate surface area is 157 Å². The van der Waals surface area contributed by atoms with Crippen molar-refractivity contribution in [1.82, 2.24) is 24.7 Å². The number of rotatable bonds is 5. The Morgan fingerprint density at radius 2 is 2.11 bits per heavy atom. The van der Waals surface area contributed by atoms with E-state index in [0.29, 0.717) is 11.0 Å². The normalized spacial score (nSPS) is 11.8. The van der Waals surface area contributed by atoms with E-state index in [4.69, 9.17) is 0 Å². The number of nitriles is 1. The van der Waals surface area contributed by atoms with Crippen molar-refractivity contribution in [2.45, 2.75) is 5.92 Å². The smallest absolute Gasteiger partial charge is 0.295 e. The molecule has 0 saturated carbocycles. The first kappa shape index (κ1) is 17.0. The van der Waals surface area contributed by atoms with E-state index in [1.165, 1.54) is 29.5 Å². The number of nitrogens with one attached hydrogen (secondary N) is 1. The van der Waals surface area contributed by atoms with E-state index in [9.17, 15) is 20.2 Å². The molecule has 1 N–H and O–H groups in total. The summed E-state index contributed by atoms with van der Waals surface area (Å²) >= 11 is 0. The number of imidazole rings is 1. The standard InChI is InChI=1S/C18H11N7O3/c19-8-12(18-22-13-3-1-2-4-14(13)23-18)17(26)11-5-6-15(16(7-11)25(27)28)24-10-20-9-21-24/h1-7,9-10,12H,(H,22,23). The van der Waals surface area contributed by atoms with Crippen LogP contribution in [-0.4, -0.2) is 35.4 Å². The van der Waals surface area contributed by atoms with Gasteiger partial charge in [-0.15, -0.1) is 0 Å². The van der Waals surface area contributed by atoms with Gasteiger partial charge in [0.1, 0.15) is 24.2 Å². The molecule has 136 valence electrons. The zero-order valence-electron chi connectivity index (χ0n) is 14.2. The van der Waals surface area contributed by atoms with E-state index in [0.717, 1.165) is 6.07 Å². The number of Topliss-reactive ketones (excluding diaryl/α,β-unsaturated/α-hetero) is 1. The number of aromatic nitrogens is 5. The van der Waals surface area contributed by atoms with Gasteiger partial charge in [0.05, 0.1) is 22.0 Å². The maximum absolute atomic E-state index is 12.9. The van der Waals surface area contributed by atoms with Crippen LogP contribution in [0.2, 0.25) is 0 Å². The summed E-state index contributed by atoms with van der Waals surface area (Å²) < 4.78 is 1.23. The lowest BCUT2D eigenvalue weighted by molar-refractivity contribution is -0.384. The van der Waals surface area contributed by atoms with Gasteiger partial charge < -0.3 is 4.98 Å². The van der Waals surface area contributed by atoms with Gasteiger partial charge in [0.25, 0.3) is 5.69 Å². The molecule has 0 aliphatic rings. The van der Waals surface area contributed by atoms with E-state index in [-0.39, 0.29) is 22.8 Å². The number of benzene rings is 2. The van der Waals surface area contributed by atoms with Crippen LogP contribution >= 0.6 is 0 Å². The SMILES string of the molecule is N#CC(C(=O)c1ccc(-n2cncn2)c([N+](=O)[O-])c1)c1nc2ccccc2[nH]1. The highest BCUT2D eigenvalue weighted by molar-refractivity contribution is 6.03. The number of nitrogens with zero attached hydrogens (tertiary/aromatic N) is 6. The van der Waals surface area contributed by atoms with Gasteiger partial charge in [0.2, 0.25) is 0 Å². The maximum atomic E-state index is 12.9. The highest BCUT2D eigenvalue weighted by atomic mass is 16.6. The van der Waals surface area contributed by atoms with Crippen molar-refractivity contribution in [3.8, 4) is 11.8 Å². The minimum absolute atomic E-state index is 0.0302. The Kier molecular flexibility index (Phi) is 4.10. The van der Waals surface area contributed by atoms with Gasteiger partial charge in [-0.1, -0.05) is 12.1 Å². The molecule has 2 aromatic heterocycles. The third kappa shape index (κ3) is 2.86. The quantitative estimate of drug-likeness (QED) is 0.321. The van der Waals surface area contributed by atoms with E-state index in [1.807, 2.05) is 6.07 Å². The van der Waals surface area contributed by atoms with Gasteiger partial charge in [-0.05, 0) is 24.3 Å². The third-order valence-corrected chi connectivity index (χ3v) is 4.19. The van der Waals surface area contributed by atoms with Crippen LogP contribution in [0.5, 0.6) is 0 Å². The fourth-order valence-corrected chi connectivity index (χ4v) is 2.87. The summed E-state index contributed by atoms with van der Waals surface area (Å²) in [6.07, 6.45) is 2.56. The number of carbonyl (C=O) groups excluding carboxylic acids is 1. The van der Waals surface area contributed by atoms with Crippen LogP contribution in [0.4, 0.5) is 5.69 Å². The number of ketones is 1. The van der Waals surface area contributed by atoms with Gasteiger partial charge in [-0.2, -0.15) is 10.4 Å². The first-order valence-electron chi connectivity index (χ1n) is 8.10. The van der Waals surface area contributed by atoms with Crippen LogP contribution in [0.25, 0.3) is 16.7 Å². The predicted molar refractivity (Wildman–Crippen MR) is 96.8 cm³/mol. The molecular weight excluding hydrogens is 362 g/mol. The summed E-state index contributed by atoms with van der Waals surface area (Å²) in [5.41, 5.74) is 1.19. The molecule has 2 heterocycles. The van der Waals surface area contributed by atoms with Gasteiger partial charge in [0, 0.05) is 11.6 Å². The molecule has 4 rings (SSSR count). The van der Waals surface area contributed by atoms with Crippen molar-refractivity contribution >= 4 is 22.5 Å². The molecule has 0 amide bonds. The molecule has 0 saturated heterocycles.